The van der Waals surface area contributed by atoms with Crippen LogP contribution in [-0.2, 0) is 12.8 Å². The molecule has 0 spiro atoms. The van der Waals surface area contributed by atoms with Crippen molar-refractivity contribution in [1.82, 2.24) is 24.8 Å². The molecule has 198 valence electrons. The first-order valence-electron chi connectivity index (χ1n) is 13.5. The summed E-state index contributed by atoms with van der Waals surface area (Å²) in [5.74, 6) is 0.439. The normalized spacial score (nSPS) is 17.2. The fraction of sp³-hybridized carbons (Fsp3) is 0.419. The van der Waals surface area contributed by atoms with Crippen molar-refractivity contribution in [3.63, 3.8) is 0 Å². The van der Waals surface area contributed by atoms with Gasteiger partial charge in [-0.25, -0.2) is 9.97 Å². The minimum Gasteiger partial charge on any atom is -0.373 e. The van der Waals surface area contributed by atoms with Crippen LogP contribution < -0.4 is 0 Å². The van der Waals surface area contributed by atoms with Crippen molar-refractivity contribution in [3.05, 3.63) is 82.7 Å². The average molecular weight is 529 g/mol. The number of likely N-dealkylation sites (N-methyl/N-ethyl adjacent to an activating group) is 1. The van der Waals surface area contributed by atoms with Gasteiger partial charge in [-0.3, -0.25) is 4.98 Å². The van der Waals surface area contributed by atoms with Gasteiger partial charge in [-0.2, -0.15) is 5.26 Å². The van der Waals surface area contributed by atoms with Crippen molar-refractivity contribution in [2.75, 3.05) is 33.2 Å². The predicted octanol–water partition coefficient (Wildman–Crippen LogP) is 6.40. The van der Waals surface area contributed by atoms with Crippen molar-refractivity contribution < 1.29 is 0 Å². The molecule has 1 fully saturated rings. The monoisotopic (exact) mass is 528 g/mol. The number of unbranched alkanes of at least 4 members (excludes halogenated alkanes) is 1. The zero-order chi connectivity index (χ0) is 27.1. The predicted molar refractivity (Wildman–Crippen MR) is 156 cm³/mol. The lowest BCUT2D eigenvalue weighted by molar-refractivity contribution is 0.182. The highest BCUT2D eigenvalue weighted by Crippen LogP contribution is 2.37. The van der Waals surface area contributed by atoms with Crippen molar-refractivity contribution >= 4 is 28.6 Å². The van der Waals surface area contributed by atoms with Gasteiger partial charge < -0.3 is 9.80 Å². The highest BCUT2D eigenvalue weighted by molar-refractivity contribution is 6.36. The zero-order valence-electron chi connectivity index (χ0n) is 22.6. The van der Waals surface area contributed by atoms with Crippen LogP contribution in [0.3, 0.4) is 0 Å². The molecule has 1 unspecified atom stereocenters. The molecule has 3 aromatic rings. The topological polar surface area (TPSA) is 68.9 Å². The van der Waals surface area contributed by atoms with Gasteiger partial charge in [0.25, 0.3) is 0 Å². The molecule has 2 aromatic heterocycles. The summed E-state index contributed by atoms with van der Waals surface area (Å²) in [5.41, 5.74) is 6.31. The number of halogens is 1. The maximum Gasteiger partial charge on any atom is 0.232 e. The molecule has 1 aliphatic heterocycles. The summed E-state index contributed by atoms with van der Waals surface area (Å²) in [5, 5.41) is 10.8. The molecule has 6 nitrogen and oxygen atoms in total. The first kappa shape index (κ1) is 27.8. The lowest BCUT2D eigenvalue weighted by Gasteiger charge is -2.35. The van der Waals surface area contributed by atoms with E-state index in [1.807, 2.05) is 36.4 Å². The van der Waals surface area contributed by atoms with E-state index in [-0.39, 0.29) is 11.7 Å². The van der Waals surface area contributed by atoms with E-state index >= 15 is 0 Å². The molecule has 38 heavy (non-hydrogen) atoms. The van der Waals surface area contributed by atoms with Crippen LogP contribution in [0.25, 0.3) is 17.0 Å². The largest absolute Gasteiger partial charge is 0.373 e. The van der Waals surface area contributed by atoms with Gasteiger partial charge in [0.15, 0.2) is 0 Å². The second kappa shape index (κ2) is 13.0. The Kier molecular flexibility index (Phi) is 9.49. The molecule has 0 radical (unpaired) electrons. The Morgan fingerprint density at radius 1 is 1.21 bits per heavy atom. The number of aromatic nitrogens is 3. The van der Waals surface area contributed by atoms with Gasteiger partial charge >= 0.3 is 0 Å². The minimum atomic E-state index is 0.212. The maximum atomic E-state index is 9.01. The third-order valence-electron chi connectivity index (χ3n) is 7.51. The van der Waals surface area contributed by atoms with E-state index in [0.29, 0.717) is 0 Å². The van der Waals surface area contributed by atoms with E-state index < -0.39 is 0 Å². The van der Waals surface area contributed by atoms with Crippen LogP contribution in [0.4, 0.5) is 0 Å². The molecule has 1 aromatic carbocycles. The summed E-state index contributed by atoms with van der Waals surface area (Å²) in [4.78, 5) is 18.0. The first-order chi connectivity index (χ1) is 18.4. The second-order valence-corrected chi connectivity index (χ2v) is 10.5. The van der Waals surface area contributed by atoms with Gasteiger partial charge in [0, 0.05) is 60.8 Å². The van der Waals surface area contributed by atoms with Crippen molar-refractivity contribution in [3.8, 4) is 6.07 Å². The molecule has 2 aliphatic rings. The first-order valence-corrected chi connectivity index (χ1v) is 13.9. The van der Waals surface area contributed by atoms with Gasteiger partial charge in [-0.1, -0.05) is 56.3 Å². The third-order valence-corrected chi connectivity index (χ3v) is 7.94. The number of nitriles is 1. The molecule has 5 rings (SSSR count). The summed E-state index contributed by atoms with van der Waals surface area (Å²) < 4.78 is 0. The van der Waals surface area contributed by atoms with E-state index in [1.165, 1.54) is 51.1 Å². The van der Waals surface area contributed by atoms with Gasteiger partial charge in [-0.05, 0) is 62.4 Å². The summed E-state index contributed by atoms with van der Waals surface area (Å²) >= 11 is 6.66. The SMILES string of the molecule is C=C(CCCC)N1CCN(C)CC1.C=Cc1ccc2c(Cl)c3c(nc2c1)CC(c1ccnc(C#N)n1)CC3. The zero-order valence-corrected chi connectivity index (χ0v) is 23.3. The van der Waals surface area contributed by atoms with Crippen molar-refractivity contribution in [1.29, 1.82) is 5.26 Å². The molecular weight excluding hydrogens is 492 g/mol. The number of piperazine rings is 1. The average Bonchev–Trinajstić information content (AvgIpc) is 2.96. The third kappa shape index (κ3) is 6.59. The molecule has 0 saturated carbocycles. The van der Waals surface area contributed by atoms with Gasteiger partial charge in [0.2, 0.25) is 5.82 Å². The summed E-state index contributed by atoms with van der Waals surface area (Å²) in [6, 6.07) is 9.91. The molecule has 0 amide bonds. The van der Waals surface area contributed by atoms with Gasteiger partial charge in [0.05, 0.1) is 10.5 Å². The number of nitrogens with zero attached hydrogens (tertiary/aromatic N) is 6. The van der Waals surface area contributed by atoms with Gasteiger partial charge in [0.1, 0.15) is 6.07 Å². The van der Waals surface area contributed by atoms with Crippen LogP contribution in [-0.4, -0.2) is 58.0 Å². The molecule has 7 heteroatoms. The van der Waals surface area contributed by atoms with Crippen LogP contribution in [0.2, 0.25) is 5.02 Å². The Hall–Kier alpha value is -3.27. The molecule has 1 atom stereocenters. The smallest absolute Gasteiger partial charge is 0.232 e. The van der Waals surface area contributed by atoms with Crippen LogP contribution >= 0.6 is 11.6 Å². The number of pyridine rings is 1. The molecule has 0 N–H and O–H groups in total. The van der Waals surface area contributed by atoms with E-state index in [2.05, 4.69) is 46.9 Å². The Balaban J connectivity index is 0.000000219. The lowest BCUT2D eigenvalue weighted by Crippen LogP contribution is -2.43. The van der Waals surface area contributed by atoms with E-state index in [9.17, 15) is 0 Å². The number of hydrogen-bond acceptors (Lipinski definition) is 6. The van der Waals surface area contributed by atoms with Crippen LogP contribution in [0.15, 0.2) is 49.3 Å². The van der Waals surface area contributed by atoms with Crippen LogP contribution in [0, 0.1) is 11.3 Å². The van der Waals surface area contributed by atoms with Crippen LogP contribution in [0.5, 0.6) is 0 Å². The fourth-order valence-corrected chi connectivity index (χ4v) is 5.46. The van der Waals surface area contributed by atoms with Gasteiger partial charge in [-0.15, -0.1) is 0 Å². The number of fused-ring (bicyclic) bond motifs is 2. The Morgan fingerprint density at radius 3 is 2.71 bits per heavy atom. The standard InChI is InChI=1S/C20H15ClN4.C11H22N2/c1-2-12-3-5-14-17(9-12)24-18-10-13(4-6-15(18)20(14)21)16-7-8-23-19(11-22)25-16;1-4-5-6-11(2)13-9-7-12(3)8-10-13/h2-3,5,7-9,13H,1,4,6,10H2;2,4-10H2,1,3H3. The number of hydrogen-bond donors (Lipinski definition) is 0. The maximum absolute atomic E-state index is 9.01. The highest BCUT2D eigenvalue weighted by atomic mass is 35.5. The van der Waals surface area contributed by atoms with Crippen molar-refractivity contribution in [2.24, 2.45) is 0 Å². The quantitative estimate of drug-likeness (QED) is 0.368. The number of allylic oxidation sites excluding steroid dienone is 1. The Labute approximate surface area is 231 Å². The second-order valence-electron chi connectivity index (χ2n) is 10.1. The molecule has 1 saturated heterocycles. The summed E-state index contributed by atoms with van der Waals surface area (Å²) in [6.45, 7) is 14.9. The highest BCUT2D eigenvalue weighted by Gasteiger charge is 2.25. The van der Waals surface area contributed by atoms with E-state index in [4.69, 9.17) is 21.8 Å². The lowest BCUT2D eigenvalue weighted by atomic mass is 9.84. The molecule has 3 heterocycles. The van der Waals surface area contributed by atoms with Crippen molar-refractivity contribution in [2.45, 2.75) is 51.4 Å². The summed E-state index contributed by atoms with van der Waals surface area (Å²) in [6.07, 6.45) is 9.75. The number of benzene rings is 1. The van der Waals surface area contributed by atoms with E-state index in [1.54, 1.807) is 6.20 Å². The summed E-state index contributed by atoms with van der Waals surface area (Å²) in [7, 11) is 2.19. The molecular formula is C31H37ClN6. The Bertz CT molecular complexity index is 1340. The molecule has 1 aliphatic carbocycles. The Morgan fingerprint density at radius 2 is 2.00 bits per heavy atom. The fourth-order valence-electron chi connectivity index (χ4n) is 5.10. The number of rotatable bonds is 6. The molecule has 0 bridgehead atoms. The minimum absolute atomic E-state index is 0.212. The van der Waals surface area contributed by atoms with Crippen LogP contribution in [0.1, 0.15) is 66.9 Å². The van der Waals surface area contributed by atoms with E-state index in [0.717, 1.165) is 57.7 Å².